The number of morpholine rings is 1. The molecule has 1 heterocycles. The summed E-state index contributed by atoms with van der Waals surface area (Å²) in [6.07, 6.45) is 0.922. The third-order valence-corrected chi connectivity index (χ3v) is 5.04. The Balaban J connectivity index is 1.78. The Kier molecular flexibility index (Phi) is 8.06. The van der Waals surface area contributed by atoms with Gasteiger partial charge in [0.15, 0.2) is 0 Å². The zero-order chi connectivity index (χ0) is 19.7. The van der Waals surface area contributed by atoms with Crippen LogP contribution in [0.15, 0.2) is 24.3 Å². The summed E-state index contributed by atoms with van der Waals surface area (Å²) >= 11 is 0. The van der Waals surface area contributed by atoms with Gasteiger partial charge in [0.1, 0.15) is 5.75 Å². The number of amides is 2. The van der Waals surface area contributed by atoms with E-state index in [0.717, 1.165) is 32.7 Å². The summed E-state index contributed by atoms with van der Waals surface area (Å²) < 4.78 is 10.8. The van der Waals surface area contributed by atoms with Gasteiger partial charge in [-0.3, -0.25) is 14.5 Å². The van der Waals surface area contributed by atoms with Crippen molar-refractivity contribution in [2.75, 3.05) is 46.0 Å². The van der Waals surface area contributed by atoms with Gasteiger partial charge in [0.25, 0.3) is 5.91 Å². The smallest absolute Gasteiger partial charge is 0.251 e. The van der Waals surface area contributed by atoms with E-state index in [2.05, 4.69) is 29.4 Å². The summed E-state index contributed by atoms with van der Waals surface area (Å²) in [7, 11) is 0. The minimum Gasteiger partial charge on any atom is -0.494 e. The lowest BCUT2D eigenvalue weighted by atomic mass is 9.95. The molecule has 1 atom stereocenters. The van der Waals surface area contributed by atoms with E-state index in [1.54, 1.807) is 24.3 Å². The second-order valence-electron chi connectivity index (χ2n) is 6.87. The van der Waals surface area contributed by atoms with Crippen molar-refractivity contribution in [1.29, 1.82) is 0 Å². The lowest BCUT2D eigenvalue weighted by molar-refractivity contribution is -0.121. The number of hydrogen-bond donors (Lipinski definition) is 2. The topological polar surface area (TPSA) is 79.9 Å². The molecule has 0 spiro atoms. The minimum absolute atomic E-state index is 0.0467. The molecule has 2 rings (SSSR count). The maximum Gasteiger partial charge on any atom is 0.251 e. The molecule has 2 amide bonds. The van der Waals surface area contributed by atoms with Crippen molar-refractivity contribution in [2.45, 2.75) is 32.7 Å². The Morgan fingerprint density at radius 1 is 1.15 bits per heavy atom. The van der Waals surface area contributed by atoms with Crippen LogP contribution in [0.25, 0.3) is 0 Å². The average Bonchev–Trinajstić information content (AvgIpc) is 2.71. The number of benzene rings is 1. The molecule has 1 aliphatic heterocycles. The van der Waals surface area contributed by atoms with E-state index in [9.17, 15) is 9.59 Å². The monoisotopic (exact) mass is 377 g/mol. The fourth-order valence-electron chi connectivity index (χ4n) is 3.05. The Morgan fingerprint density at radius 3 is 2.41 bits per heavy atom. The summed E-state index contributed by atoms with van der Waals surface area (Å²) in [5.41, 5.74) is 0.386. The van der Waals surface area contributed by atoms with Crippen molar-refractivity contribution in [2.24, 2.45) is 0 Å². The number of carbonyl (C=O) groups excluding carboxylic acids is 2. The van der Waals surface area contributed by atoms with Crippen molar-refractivity contribution in [3.8, 4) is 5.75 Å². The third kappa shape index (κ3) is 6.22. The molecule has 7 heteroatoms. The normalized spacial score (nSPS) is 17.0. The second kappa shape index (κ2) is 10.3. The highest BCUT2D eigenvalue weighted by Crippen LogP contribution is 2.19. The lowest BCUT2D eigenvalue weighted by Gasteiger charge is -2.43. The molecule has 0 aromatic heterocycles. The first-order chi connectivity index (χ1) is 13.0. The molecule has 0 aliphatic carbocycles. The molecule has 1 fully saturated rings. The van der Waals surface area contributed by atoms with Gasteiger partial charge in [0, 0.05) is 30.7 Å². The summed E-state index contributed by atoms with van der Waals surface area (Å²) in [5, 5.41) is 5.61. The molecular weight excluding hydrogens is 346 g/mol. The van der Waals surface area contributed by atoms with E-state index in [1.165, 1.54) is 0 Å². The van der Waals surface area contributed by atoms with Crippen molar-refractivity contribution >= 4 is 11.8 Å². The van der Waals surface area contributed by atoms with Crippen molar-refractivity contribution in [1.82, 2.24) is 15.5 Å². The van der Waals surface area contributed by atoms with Gasteiger partial charge in [0.2, 0.25) is 5.91 Å². The van der Waals surface area contributed by atoms with E-state index in [0.29, 0.717) is 24.5 Å². The molecule has 1 aliphatic rings. The fourth-order valence-corrected chi connectivity index (χ4v) is 3.05. The van der Waals surface area contributed by atoms with Crippen LogP contribution in [0.2, 0.25) is 0 Å². The standard InChI is InChI=1S/C20H31N3O4/c1-4-20(3,23-10-12-26-13-11-23)15-22-18(24)14-21-19(25)16-6-8-17(9-7-16)27-5-2/h6-9H,4-5,10-15H2,1-3H3,(H,21,25)(H,22,24). The van der Waals surface area contributed by atoms with Gasteiger partial charge in [-0.25, -0.2) is 0 Å². The highest BCUT2D eigenvalue weighted by atomic mass is 16.5. The first-order valence-electron chi connectivity index (χ1n) is 9.59. The first-order valence-corrected chi connectivity index (χ1v) is 9.59. The van der Waals surface area contributed by atoms with Gasteiger partial charge in [-0.05, 0) is 44.5 Å². The summed E-state index contributed by atoms with van der Waals surface area (Å²) in [4.78, 5) is 26.7. The molecule has 1 saturated heterocycles. The molecule has 7 nitrogen and oxygen atoms in total. The summed E-state index contributed by atoms with van der Waals surface area (Å²) in [5.74, 6) is 0.246. The van der Waals surface area contributed by atoms with Crippen LogP contribution in [-0.2, 0) is 9.53 Å². The fraction of sp³-hybridized carbons (Fsp3) is 0.600. The number of ether oxygens (including phenoxy) is 2. The van der Waals surface area contributed by atoms with Gasteiger partial charge >= 0.3 is 0 Å². The van der Waals surface area contributed by atoms with Crippen LogP contribution in [0.5, 0.6) is 5.75 Å². The van der Waals surface area contributed by atoms with E-state index in [-0.39, 0.29) is 23.9 Å². The van der Waals surface area contributed by atoms with Gasteiger partial charge in [-0.1, -0.05) is 6.92 Å². The molecular formula is C20H31N3O4. The highest BCUT2D eigenvalue weighted by Gasteiger charge is 2.31. The molecule has 0 bridgehead atoms. The molecule has 27 heavy (non-hydrogen) atoms. The van der Waals surface area contributed by atoms with Crippen LogP contribution >= 0.6 is 0 Å². The SMILES string of the molecule is CCOc1ccc(C(=O)NCC(=O)NCC(C)(CC)N2CCOCC2)cc1. The molecule has 0 saturated carbocycles. The zero-order valence-corrected chi connectivity index (χ0v) is 16.5. The third-order valence-electron chi connectivity index (χ3n) is 5.04. The number of hydrogen-bond acceptors (Lipinski definition) is 5. The van der Waals surface area contributed by atoms with Crippen LogP contribution in [0.4, 0.5) is 0 Å². The second-order valence-corrected chi connectivity index (χ2v) is 6.87. The van der Waals surface area contributed by atoms with Gasteiger partial charge in [0.05, 0.1) is 26.4 Å². The molecule has 1 unspecified atom stereocenters. The Labute approximate surface area is 161 Å². The maximum absolute atomic E-state index is 12.2. The summed E-state index contributed by atoms with van der Waals surface area (Å²) in [6, 6.07) is 6.86. The average molecular weight is 377 g/mol. The quantitative estimate of drug-likeness (QED) is 0.681. The largest absolute Gasteiger partial charge is 0.494 e. The molecule has 1 aromatic rings. The van der Waals surface area contributed by atoms with Crippen LogP contribution in [-0.4, -0.2) is 68.3 Å². The highest BCUT2D eigenvalue weighted by molar-refractivity contribution is 5.96. The van der Waals surface area contributed by atoms with E-state index < -0.39 is 0 Å². The van der Waals surface area contributed by atoms with Gasteiger partial charge in [-0.2, -0.15) is 0 Å². The van der Waals surface area contributed by atoms with Crippen LogP contribution < -0.4 is 15.4 Å². The predicted octanol–water partition coefficient (Wildman–Crippen LogP) is 1.43. The van der Waals surface area contributed by atoms with E-state index in [4.69, 9.17) is 9.47 Å². The van der Waals surface area contributed by atoms with E-state index >= 15 is 0 Å². The number of nitrogens with one attached hydrogen (secondary N) is 2. The van der Waals surface area contributed by atoms with Crippen LogP contribution in [0.1, 0.15) is 37.6 Å². The molecule has 1 aromatic carbocycles. The molecule has 150 valence electrons. The lowest BCUT2D eigenvalue weighted by Crippen LogP contribution is -2.57. The maximum atomic E-state index is 12.2. The van der Waals surface area contributed by atoms with Crippen molar-refractivity contribution in [3.63, 3.8) is 0 Å². The van der Waals surface area contributed by atoms with Gasteiger partial charge in [-0.15, -0.1) is 0 Å². The Bertz CT molecular complexity index is 614. The molecule has 2 N–H and O–H groups in total. The first kappa shape index (κ1) is 21.2. The van der Waals surface area contributed by atoms with Gasteiger partial charge < -0.3 is 20.1 Å². The summed E-state index contributed by atoms with van der Waals surface area (Å²) in [6.45, 7) is 10.4. The Morgan fingerprint density at radius 2 is 1.81 bits per heavy atom. The van der Waals surface area contributed by atoms with E-state index in [1.807, 2.05) is 6.92 Å². The van der Waals surface area contributed by atoms with Crippen LogP contribution in [0, 0.1) is 0 Å². The zero-order valence-electron chi connectivity index (χ0n) is 16.5. The number of rotatable bonds is 9. The van der Waals surface area contributed by atoms with Crippen molar-refractivity contribution < 1.29 is 19.1 Å². The number of nitrogens with zero attached hydrogens (tertiary/aromatic N) is 1. The Hall–Kier alpha value is -2.12. The van der Waals surface area contributed by atoms with Crippen molar-refractivity contribution in [3.05, 3.63) is 29.8 Å². The molecule has 0 radical (unpaired) electrons. The number of carbonyl (C=O) groups is 2. The minimum atomic E-state index is -0.278. The predicted molar refractivity (Wildman–Crippen MR) is 104 cm³/mol. The van der Waals surface area contributed by atoms with Crippen LogP contribution in [0.3, 0.4) is 0 Å².